The van der Waals surface area contributed by atoms with Gasteiger partial charge in [0.15, 0.2) is 0 Å². The third-order valence-corrected chi connectivity index (χ3v) is 16.5. The predicted molar refractivity (Wildman–Crippen MR) is 306 cm³/mol. The molecule has 2 aromatic heterocycles. The van der Waals surface area contributed by atoms with Crippen LogP contribution in [0.1, 0.15) is 61.9 Å². The highest BCUT2D eigenvalue weighted by molar-refractivity contribution is 6.16. The molecule has 0 radical (unpaired) electrons. The topological polar surface area (TPSA) is 33.6 Å². The number of hydrogen-bond acceptors (Lipinski definition) is 1. The minimum atomic E-state index is -4.49. The molecule has 3 nitrogen and oxygen atoms in total. The van der Waals surface area contributed by atoms with Gasteiger partial charge in [-0.2, -0.15) is 18.4 Å². The summed E-state index contributed by atoms with van der Waals surface area (Å²) < 4.78 is 47.4. The van der Waals surface area contributed by atoms with Crippen LogP contribution in [0.2, 0.25) is 0 Å². The van der Waals surface area contributed by atoms with Crippen molar-refractivity contribution in [1.82, 2.24) is 9.13 Å². The normalized spacial score (nSPS) is 14.5. The molecule has 0 aliphatic heterocycles. The second-order valence-electron chi connectivity index (χ2n) is 20.5. The number of rotatable bonds is 6. The van der Waals surface area contributed by atoms with E-state index in [0.717, 1.165) is 66.3 Å². The zero-order valence-electron chi connectivity index (χ0n) is 41.6. The number of aryl methyl sites for hydroxylation is 1. The fourth-order valence-electron chi connectivity index (χ4n) is 13.3. The van der Waals surface area contributed by atoms with Crippen molar-refractivity contribution in [3.05, 3.63) is 287 Å². The van der Waals surface area contributed by atoms with Gasteiger partial charge in [-0.1, -0.05) is 176 Å². The lowest BCUT2D eigenvalue weighted by atomic mass is 9.87. The molecule has 2 heterocycles. The molecule has 0 amide bonds. The third-order valence-electron chi connectivity index (χ3n) is 16.5. The van der Waals surface area contributed by atoms with Crippen LogP contribution in [0.25, 0.3) is 99.5 Å². The van der Waals surface area contributed by atoms with Gasteiger partial charge in [0.1, 0.15) is 0 Å². The van der Waals surface area contributed by atoms with Crippen molar-refractivity contribution < 1.29 is 13.2 Å². The Kier molecular flexibility index (Phi) is 9.83. The highest BCUT2D eigenvalue weighted by Gasteiger charge is 2.36. The summed E-state index contributed by atoms with van der Waals surface area (Å²) in [4.78, 5) is 0. The fraction of sp³-hybridized carbons (Fsp3) is 0.0563. The van der Waals surface area contributed by atoms with Crippen LogP contribution in [0.15, 0.2) is 237 Å². The van der Waals surface area contributed by atoms with E-state index in [1.807, 2.05) is 18.2 Å². The molecule has 2 unspecified atom stereocenters. The summed E-state index contributed by atoms with van der Waals surface area (Å²) in [6, 6.07) is 83.9. The maximum absolute atomic E-state index is 14.2. The van der Waals surface area contributed by atoms with Crippen LogP contribution in [0.3, 0.4) is 0 Å². The van der Waals surface area contributed by atoms with Gasteiger partial charge in [-0.05, 0) is 140 Å². The molecule has 6 heteroatoms. The van der Waals surface area contributed by atoms with E-state index >= 15 is 0 Å². The zero-order valence-corrected chi connectivity index (χ0v) is 41.6. The molecule has 77 heavy (non-hydrogen) atoms. The van der Waals surface area contributed by atoms with Crippen LogP contribution in [0.4, 0.5) is 13.2 Å². The second kappa shape index (κ2) is 16.9. The molecule has 2 aliphatic carbocycles. The Bertz CT molecular complexity index is 4650. The van der Waals surface area contributed by atoms with E-state index in [9.17, 15) is 18.4 Å². The molecule has 2 atom stereocenters. The van der Waals surface area contributed by atoms with Gasteiger partial charge in [0.25, 0.3) is 0 Å². The largest absolute Gasteiger partial charge is 0.416 e. The summed E-state index contributed by atoms with van der Waals surface area (Å²) in [6.07, 6.45) is -4.49. The molecular formula is C71H44F3N3. The van der Waals surface area contributed by atoms with Crippen LogP contribution >= 0.6 is 0 Å². The summed E-state index contributed by atoms with van der Waals surface area (Å²) >= 11 is 0. The zero-order chi connectivity index (χ0) is 51.7. The minimum Gasteiger partial charge on any atom is -0.309 e. The highest BCUT2D eigenvalue weighted by atomic mass is 19.4. The van der Waals surface area contributed by atoms with Crippen molar-refractivity contribution in [2.75, 3.05) is 0 Å². The first-order valence-corrected chi connectivity index (χ1v) is 26.0. The summed E-state index contributed by atoms with van der Waals surface area (Å²) in [7, 11) is 0. The number of nitriles is 1. The molecular weight excluding hydrogens is 952 g/mol. The van der Waals surface area contributed by atoms with Crippen molar-refractivity contribution in [3.8, 4) is 62.0 Å². The van der Waals surface area contributed by atoms with Crippen LogP contribution in [0, 0.1) is 18.3 Å². The van der Waals surface area contributed by atoms with E-state index in [-0.39, 0.29) is 11.8 Å². The average Bonchev–Trinajstić information content (AvgIpc) is 4.37. The molecule has 364 valence electrons. The molecule has 15 rings (SSSR count). The standard InChI is InChI=1S/C71H44F3N3/c1-42-38-47(71(72,73)74)30-32-48(42)46-29-35-61(76-59-26-14-12-24-56(59)67-62(76)36-33-54-49-20-8-10-22-52(49)65(69(54)67)44-16-4-2-5-17-44)58(40-46)51-31-28-43(41-75)39-64(51)77-60-27-15-13-25-57(60)68-63(77)37-34-55-50-21-9-11-23-53(50)66(70(55)68)45-18-6-3-7-19-45/h2-40,65-66H,1H3. The van der Waals surface area contributed by atoms with Gasteiger partial charge in [-0.3, -0.25) is 0 Å². The number of alkyl halides is 3. The molecule has 0 N–H and O–H groups in total. The Hall–Kier alpha value is -9.70. The average molecular weight is 996 g/mol. The summed E-state index contributed by atoms with van der Waals surface area (Å²) in [5, 5.41) is 15.3. The molecule has 0 saturated carbocycles. The van der Waals surface area contributed by atoms with Crippen LogP contribution in [-0.2, 0) is 6.18 Å². The predicted octanol–water partition coefficient (Wildman–Crippen LogP) is 18.7. The lowest BCUT2D eigenvalue weighted by Gasteiger charge is -2.21. The Morgan fingerprint density at radius 1 is 0.403 bits per heavy atom. The van der Waals surface area contributed by atoms with E-state index in [1.54, 1.807) is 13.0 Å². The van der Waals surface area contributed by atoms with Gasteiger partial charge in [-0.25, -0.2) is 0 Å². The first-order valence-electron chi connectivity index (χ1n) is 26.0. The van der Waals surface area contributed by atoms with Gasteiger partial charge in [0.2, 0.25) is 0 Å². The quantitative estimate of drug-likeness (QED) is 0.163. The second-order valence-corrected chi connectivity index (χ2v) is 20.5. The van der Waals surface area contributed by atoms with Crippen molar-refractivity contribution in [2.45, 2.75) is 24.9 Å². The molecule has 2 aliphatic rings. The van der Waals surface area contributed by atoms with Crippen LogP contribution in [0.5, 0.6) is 0 Å². The maximum Gasteiger partial charge on any atom is 0.416 e. The smallest absolute Gasteiger partial charge is 0.309 e. The van der Waals surface area contributed by atoms with E-state index in [0.29, 0.717) is 16.7 Å². The monoisotopic (exact) mass is 995 g/mol. The Morgan fingerprint density at radius 2 is 0.896 bits per heavy atom. The van der Waals surface area contributed by atoms with Gasteiger partial charge >= 0.3 is 6.18 Å². The number of nitrogens with zero attached hydrogens (tertiary/aromatic N) is 3. The van der Waals surface area contributed by atoms with E-state index in [1.165, 1.54) is 73.2 Å². The fourth-order valence-corrected chi connectivity index (χ4v) is 13.3. The Morgan fingerprint density at radius 3 is 1.44 bits per heavy atom. The van der Waals surface area contributed by atoms with Crippen LogP contribution in [-0.4, -0.2) is 9.13 Å². The summed E-state index contributed by atoms with van der Waals surface area (Å²) in [5.74, 6) is -0.0254. The molecule has 0 fully saturated rings. The SMILES string of the molecule is Cc1cc(C(F)(F)F)ccc1-c1ccc(-n2c3ccccc3c3c4c(ccc32)-c2ccccc2C4c2ccccc2)c(-c2ccc(C#N)cc2-n2c3ccccc3c3c4c(ccc32)-c2ccccc2C4c2ccccc2)c1. The molecule has 0 spiro atoms. The van der Waals surface area contributed by atoms with Gasteiger partial charge in [-0.15, -0.1) is 0 Å². The van der Waals surface area contributed by atoms with E-state index in [2.05, 4.69) is 215 Å². The van der Waals surface area contributed by atoms with Crippen molar-refractivity contribution in [3.63, 3.8) is 0 Å². The first-order chi connectivity index (χ1) is 37.7. The highest BCUT2D eigenvalue weighted by Crippen LogP contribution is 2.55. The Balaban J connectivity index is 1.04. The van der Waals surface area contributed by atoms with Gasteiger partial charge < -0.3 is 9.13 Å². The minimum absolute atomic E-state index is 0.00833. The van der Waals surface area contributed by atoms with Crippen molar-refractivity contribution in [1.29, 1.82) is 5.26 Å². The number of aromatic nitrogens is 2. The van der Waals surface area contributed by atoms with Crippen molar-refractivity contribution >= 4 is 43.6 Å². The first kappa shape index (κ1) is 44.8. The summed E-state index contributed by atoms with van der Waals surface area (Å²) in [5.41, 5.74) is 21.6. The number of hydrogen-bond donors (Lipinski definition) is 0. The number of halogens is 3. The van der Waals surface area contributed by atoms with E-state index < -0.39 is 11.7 Å². The number of fused-ring (bicyclic) bond motifs is 14. The number of benzene rings is 11. The Labute approximate surface area is 442 Å². The maximum atomic E-state index is 14.2. The molecule has 0 saturated heterocycles. The molecule has 13 aromatic rings. The molecule has 0 bridgehead atoms. The van der Waals surface area contributed by atoms with E-state index in [4.69, 9.17) is 0 Å². The lowest BCUT2D eigenvalue weighted by molar-refractivity contribution is -0.137. The summed E-state index contributed by atoms with van der Waals surface area (Å²) in [6.45, 7) is 1.75. The van der Waals surface area contributed by atoms with Gasteiger partial charge in [0, 0.05) is 44.5 Å². The number of para-hydroxylation sites is 2. The van der Waals surface area contributed by atoms with Crippen LogP contribution < -0.4 is 0 Å². The molecule has 11 aromatic carbocycles. The lowest BCUT2D eigenvalue weighted by Crippen LogP contribution is -2.05. The van der Waals surface area contributed by atoms with Gasteiger partial charge in [0.05, 0.1) is 50.6 Å². The third kappa shape index (κ3) is 6.63. The van der Waals surface area contributed by atoms with Crippen molar-refractivity contribution in [2.24, 2.45) is 0 Å².